The zero-order valence-corrected chi connectivity index (χ0v) is 23.0. The first kappa shape index (κ1) is 28.3. The Bertz CT molecular complexity index is 1070. The molecule has 8 nitrogen and oxygen atoms in total. The van der Waals surface area contributed by atoms with Gasteiger partial charge in [-0.1, -0.05) is 25.1 Å². The summed E-state index contributed by atoms with van der Waals surface area (Å²) in [6.45, 7) is 6.11. The standard InChI is InChI=1S/C29H39N5O3.ClH/c1-2-21-17-30-29(31-18-21)33-14-11-22(12-15-33)20-37-27-9-7-24(8-10-27)23-3-5-25(6-4-23)28(35)34-16-13-26(19-34)32-36;/h3,7-10,17-18,22,25-26,32,36H,2,4-6,11-16,19-20H2,1H3;1H/t25?,26-;/m1./s1. The SMILES string of the molecule is CCc1cnc(N2CCC(COc3ccc(C4=CCC(C(=O)N5CC[C@@H](NO)C5)CC4)cc3)CC2)nc1.Cl. The van der Waals surface area contributed by atoms with Gasteiger partial charge in [0.1, 0.15) is 5.75 Å². The monoisotopic (exact) mass is 541 g/mol. The van der Waals surface area contributed by atoms with E-state index in [1.165, 1.54) is 16.7 Å². The number of carbonyl (C=O) groups is 1. The summed E-state index contributed by atoms with van der Waals surface area (Å²) >= 11 is 0. The Morgan fingerprint density at radius 3 is 2.42 bits per heavy atom. The number of halogens is 1. The van der Waals surface area contributed by atoms with Crippen LogP contribution in [0.15, 0.2) is 42.7 Å². The van der Waals surface area contributed by atoms with Crippen LogP contribution in [0.2, 0.25) is 0 Å². The first-order valence-electron chi connectivity index (χ1n) is 13.8. The number of aromatic nitrogens is 2. The predicted molar refractivity (Wildman–Crippen MR) is 151 cm³/mol. The fourth-order valence-corrected chi connectivity index (χ4v) is 5.62. The highest BCUT2D eigenvalue weighted by Gasteiger charge is 2.31. The van der Waals surface area contributed by atoms with Gasteiger partial charge in [0.05, 0.1) is 12.6 Å². The molecule has 1 aromatic carbocycles. The summed E-state index contributed by atoms with van der Waals surface area (Å²) < 4.78 is 6.14. The number of likely N-dealkylation sites (tertiary alicyclic amines) is 1. The molecule has 5 rings (SSSR count). The molecule has 2 atom stereocenters. The average molecular weight is 542 g/mol. The van der Waals surface area contributed by atoms with Gasteiger partial charge >= 0.3 is 0 Å². The van der Waals surface area contributed by atoms with Crippen LogP contribution in [-0.2, 0) is 11.2 Å². The van der Waals surface area contributed by atoms with Gasteiger partial charge in [0.25, 0.3) is 0 Å². The lowest BCUT2D eigenvalue weighted by atomic mass is 9.86. The minimum atomic E-state index is 0. The van der Waals surface area contributed by atoms with E-state index in [-0.39, 0.29) is 30.3 Å². The molecular weight excluding hydrogens is 502 g/mol. The van der Waals surface area contributed by atoms with Crippen molar-refractivity contribution in [2.75, 3.05) is 37.7 Å². The van der Waals surface area contributed by atoms with Gasteiger partial charge in [0, 0.05) is 44.5 Å². The van der Waals surface area contributed by atoms with Gasteiger partial charge in [0.15, 0.2) is 0 Å². The molecule has 0 bridgehead atoms. The highest BCUT2D eigenvalue weighted by atomic mass is 35.5. The first-order valence-corrected chi connectivity index (χ1v) is 13.8. The Kier molecular flexibility index (Phi) is 9.99. The number of carbonyl (C=O) groups excluding carboxylic acids is 1. The first-order chi connectivity index (χ1) is 18.1. The lowest BCUT2D eigenvalue weighted by Gasteiger charge is -2.31. The van der Waals surface area contributed by atoms with Crippen LogP contribution in [0.4, 0.5) is 5.95 Å². The maximum absolute atomic E-state index is 12.8. The zero-order chi connectivity index (χ0) is 25.6. The average Bonchev–Trinajstić information content (AvgIpc) is 3.46. The third-order valence-electron chi connectivity index (χ3n) is 8.15. The van der Waals surface area contributed by atoms with Gasteiger partial charge in [-0.2, -0.15) is 0 Å². The summed E-state index contributed by atoms with van der Waals surface area (Å²) in [7, 11) is 0. The number of amides is 1. The largest absolute Gasteiger partial charge is 0.493 e. The predicted octanol–water partition coefficient (Wildman–Crippen LogP) is 4.52. The molecule has 38 heavy (non-hydrogen) atoms. The van der Waals surface area contributed by atoms with Crippen LogP contribution >= 0.6 is 12.4 Å². The molecule has 0 saturated carbocycles. The number of aryl methyl sites for hydroxylation is 1. The van der Waals surface area contributed by atoms with Crippen molar-refractivity contribution in [2.24, 2.45) is 11.8 Å². The minimum absolute atomic E-state index is 0. The lowest BCUT2D eigenvalue weighted by molar-refractivity contribution is -0.134. The van der Waals surface area contributed by atoms with Gasteiger partial charge in [-0.05, 0) is 79.7 Å². The number of allylic oxidation sites excluding steroid dienone is 2. The number of rotatable bonds is 8. The van der Waals surface area contributed by atoms with Crippen molar-refractivity contribution in [1.82, 2.24) is 20.3 Å². The van der Waals surface area contributed by atoms with Crippen LogP contribution in [0.3, 0.4) is 0 Å². The summed E-state index contributed by atoms with van der Waals surface area (Å²) in [6.07, 6.45) is 12.6. The van der Waals surface area contributed by atoms with Crippen molar-refractivity contribution in [3.63, 3.8) is 0 Å². The Morgan fingerprint density at radius 2 is 1.82 bits per heavy atom. The van der Waals surface area contributed by atoms with Crippen LogP contribution in [-0.4, -0.2) is 64.8 Å². The van der Waals surface area contributed by atoms with E-state index in [4.69, 9.17) is 9.94 Å². The molecule has 2 fully saturated rings. The number of anilines is 1. The maximum Gasteiger partial charge on any atom is 0.226 e. The highest BCUT2D eigenvalue weighted by molar-refractivity contribution is 5.85. The Balaban J connectivity index is 0.00000336. The molecule has 2 aliphatic heterocycles. The molecule has 0 spiro atoms. The Morgan fingerprint density at radius 1 is 1.08 bits per heavy atom. The summed E-state index contributed by atoms with van der Waals surface area (Å²) in [4.78, 5) is 26.0. The van der Waals surface area contributed by atoms with Gasteiger partial charge in [-0.15, -0.1) is 12.4 Å². The summed E-state index contributed by atoms with van der Waals surface area (Å²) in [6, 6.07) is 8.42. The summed E-state index contributed by atoms with van der Waals surface area (Å²) in [5.74, 6) is 2.57. The van der Waals surface area contributed by atoms with Crippen molar-refractivity contribution in [1.29, 1.82) is 0 Å². The summed E-state index contributed by atoms with van der Waals surface area (Å²) in [5, 5.41) is 9.11. The quantitative estimate of drug-likeness (QED) is 0.475. The molecule has 2 aromatic rings. The minimum Gasteiger partial charge on any atom is -0.493 e. The second-order valence-corrected chi connectivity index (χ2v) is 10.6. The van der Waals surface area contributed by atoms with Crippen molar-refractivity contribution < 1.29 is 14.7 Å². The van der Waals surface area contributed by atoms with Crippen LogP contribution in [0.25, 0.3) is 5.57 Å². The third kappa shape index (κ3) is 6.84. The Labute approximate surface area is 231 Å². The molecule has 1 aliphatic carbocycles. The summed E-state index contributed by atoms with van der Waals surface area (Å²) in [5.41, 5.74) is 6.00. The maximum atomic E-state index is 12.8. The van der Waals surface area contributed by atoms with Crippen molar-refractivity contribution >= 4 is 29.8 Å². The number of hydroxylamine groups is 1. The molecule has 3 heterocycles. The van der Waals surface area contributed by atoms with E-state index in [2.05, 4.69) is 57.6 Å². The second kappa shape index (κ2) is 13.4. The third-order valence-corrected chi connectivity index (χ3v) is 8.15. The van der Waals surface area contributed by atoms with Crippen molar-refractivity contribution in [2.45, 2.75) is 57.9 Å². The van der Waals surface area contributed by atoms with E-state index < -0.39 is 0 Å². The molecule has 1 aromatic heterocycles. The zero-order valence-electron chi connectivity index (χ0n) is 22.2. The number of ether oxygens (including phenoxy) is 1. The lowest BCUT2D eigenvalue weighted by Crippen LogP contribution is -2.37. The number of hydrogen-bond acceptors (Lipinski definition) is 7. The fraction of sp³-hybridized carbons (Fsp3) is 0.552. The smallest absolute Gasteiger partial charge is 0.226 e. The van der Waals surface area contributed by atoms with E-state index >= 15 is 0 Å². The second-order valence-electron chi connectivity index (χ2n) is 10.6. The molecule has 3 aliphatic rings. The molecule has 0 radical (unpaired) electrons. The molecule has 2 N–H and O–H groups in total. The number of nitrogens with one attached hydrogen (secondary N) is 1. The number of hydrogen-bond donors (Lipinski definition) is 2. The van der Waals surface area contributed by atoms with Crippen molar-refractivity contribution in [3.8, 4) is 5.75 Å². The molecule has 1 amide bonds. The van der Waals surface area contributed by atoms with E-state index in [0.717, 1.165) is 82.9 Å². The number of benzene rings is 1. The molecule has 2 saturated heterocycles. The van der Waals surface area contributed by atoms with Gasteiger partial charge < -0.3 is 19.7 Å². The van der Waals surface area contributed by atoms with Crippen LogP contribution in [0, 0.1) is 11.8 Å². The normalized spacial score (nSPS) is 22.1. The van der Waals surface area contributed by atoms with E-state index in [9.17, 15) is 4.79 Å². The van der Waals surface area contributed by atoms with E-state index in [0.29, 0.717) is 12.5 Å². The van der Waals surface area contributed by atoms with Crippen LogP contribution in [0.1, 0.15) is 56.6 Å². The van der Waals surface area contributed by atoms with Gasteiger partial charge in [-0.25, -0.2) is 15.4 Å². The molecule has 9 heteroatoms. The fourth-order valence-electron chi connectivity index (χ4n) is 5.62. The number of nitrogens with zero attached hydrogens (tertiary/aromatic N) is 4. The topological polar surface area (TPSA) is 90.8 Å². The van der Waals surface area contributed by atoms with E-state index in [1.807, 2.05) is 17.3 Å². The molecular formula is C29H40ClN5O3. The van der Waals surface area contributed by atoms with E-state index in [1.54, 1.807) is 0 Å². The Hall–Kier alpha value is -2.68. The van der Waals surface area contributed by atoms with Crippen LogP contribution < -0.4 is 15.1 Å². The molecule has 1 unspecified atom stereocenters. The van der Waals surface area contributed by atoms with Gasteiger partial charge in [-0.3, -0.25) is 4.79 Å². The van der Waals surface area contributed by atoms with Gasteiger partial charge in [0.2, 0.25) is 11.9 Å². The highest BCUT2D eigenvalue weighted by Crippen LogP contribution is 2.33. The number of piperidine rings is 1. The van der Waals surface area contributed by atoms with Crippen LogP contribution in [0.5, 0.6) is 5.75 Å². The molecule has 206 valence electrons. The van der Waals surface area contributed by atoms with Crippen molar-refractivity contribution in [3.05, 3.63) is 53.9 Å².